The monoisotopic (exact) mass is 359 g/mol. The molecule has 3 aromatic rings. The third-order valence-corrected chi connectivity index (χ3v) is 5.56. The van der Waals surface area contributed by atoms with Crippen LogP contribution in [0.2, 0.25) is 0 Å². The third kappa shape index (κ3) is 3.23. The second-order valence-electron chi connectivity index (χ2n) is 6.47. The second kappa shape index (κ2) is 6.68. The molecule has 1 fully saturated rings. The largest absolute Gasteiger partial charge is 0.381 e. The first-order chi connectivity index (χ1) is 12.1. The summed E-state index contributed by atoms with van der Waals surface area (Å²) in [6, 6.07) is -0.0816. The van der Waals surface area contributed by atoms with Crippen LogP contribution in [-0.4, -0.2) is 33.3 Å². The van der Waals surface area contributed by atoms with Crippen molar-refractivity contribution in [1.29, 1.82) is 0 Å². The van der Waals surface area contributed by atoms with Crippen LogP contribution in [0.3, 0.4) is 0 Å². The second-order valence-corrected chi connectivity index (χ2v) is 7.33. The Kier molecular flexibility index (Phi) is 4.39. The van der Waals surface area contributed by atoms with Crippen molar-refractivity contribution in [3.8, 4) is 0 Å². The lowest BCUT2D eigenvalue weighted by Crippen LogP contribution is -2.27. The van der Waals surface area contributed by atoms with Gasteiger partial charge in [-0.05, 0) is 50.5 Å². The predicted octanol–water partition coefficient (Wildman–Crippen LogP) is 3.58. The van der Waals surface area contributed by atoms with E-state index >= 15 is 0 Å². The van der Waals surface area contributed by atoms with Crippen LogP contribution in [0.15, 0.2) is 9.90 Å². The van der Waals surface area contributed by atoms with Gasteiger partial charge < -0.3 is 14.6 Å². The lowest BCUT2D eigenvalue weighted by Gasteiger charge is -2.29. The summed E-state index contributed by atoms with van der Waals surface area (Å²) in [7, 11) is 0. The van der Waals surface area contributed by atoms with Gasteiger partial charge >= 0.3 is 0 Å². The molecule has 1 aliphatic rings. The number of ether oxygens (including phenoxy) is 1. The molecule has 132 valence electrons. The Balaban J connectivity index is 1.74. The minimum absolute atomic E-state index is 0.0816. The van der Waals surface area contributed by atoms with E-state index in [2.05, 4.69) is 37.7 Å². The van der Waals surface area contributed by atoms with Crippen molar-refractivity contribution in [2.24, 2.45) is 5.92 Å². The highest BCUT2D eigenvalue weighted by atomic mass is 32.1. The zero-order valence-corrected chi connectivity index (χ0v) is 15.4. The van der Waals surface area contributed by atoms with Gasteiger partial charge in [0.15, 0.2) is 5.82 Å². The zero-order valence-electron chi connectivity index (χ0n) is 14.6. The average molecular weight is 359 g/mol. The van der Waals surface area contributed by atoms with Gasteiger partial charge in [-0.2, -0.15) is 4.98 Å². The van der Waals surface area contributed by atoms with Crippen LogP contribution in [0, 0.1) is 26.7 Å². The lowest BCUT2D eigenvalue weighted by atomic mass is 9.91. The molecule has 0 aliphatic carbocycles. The van der Waals surface area contributed by atoms with Gasteiger partial charge in [0.2, 0.25) is 5.89 Å². The molecule has 0 aromatic carbocycles. The standard InChI is InChI=1S/C17H21N5O2S/c1-9-8-25-17-13(9)15(18-10(2)20-17)21-14(12-4-6-23-7-5-12)16-19-11(3)22-24-16/h8,12,14H,4-7H2,1-3H3,(H,18,20,21)/t14-/m1/s1. The van der Waals surface area contributed by atoms with E-state index in [-0.39, 0.29) is 6.04 Å². The molecule has 8 heteroatoms. The fraction of sp³-hybridized carbons (Fsp3) is 0.529. The van der Waals surface area contributed by atoms with Gasteiger partial charge in [0, 0.05) is 13.2 Å². The molecule has 0 radical (unpaired) electrons. The zero-order chi connectivity index (χ0) is 17.4. The normalized spacial score (nSPS) is 17.1. The topological polar surface area (TPSA) is 86.0 Å². The molecular formula is C17H21N5O2S. The highest BCUT2D eigenvalue weighted by molar-refractivity contribution is 7.17. The van der Waals surface area contributed by atoms with Crippen molar-refractivity contribution < 1.29 is 9.26 Å². The molecule has 1 atom stereocenters. The van der Waals surface area contributed by atoms with Crippen LogP contribution in [0.5, 0.6) is 0 Å². The first-order valence-corrected chi connectivity index (χ1v) is 9.36. The number of aryl methyl sites for hydroxylation is 3. The van der Waals surface area contributed by atoms with E-state index in [1.807, 2.05) is 13.8 Å². The van der Waals surface area contributed by atoms with Crippen LogP contribution >= 0.6 is 11.3 Å². The number of aromatic nitrogens is 4. The summed E-state index contributed by atoms with van der Waals surface area (Å²) in [4.78, 5) is 14.7. The fourth-order valence-electron chi connectivity index (χ4n) is 3.31. The van der Waals surface area contributed by atoms with Gasteiger partial charge in [-0.1, -0.05) is 5.16 Å². The van der Waals surface area contributed by atoms with Gasteiger partial charge in [-0.3, -0.25) is 0 Å². The van der Waals surface area contributed by atoms with E-state index in [9.17, 15) is 0 Å². The minimum atomic E-state index is -0.0816. The van der Waals surface area contributed by atoms with E-state index in [4.69, 9.17) is 9.26 Å². The van der Waals surface area contributed by atoms with Crippen LogP contribution in [-0.2, 0) is 4.74 Å². The maximum atomic E-state index is 5.52. The van der Waals surface area contributed by atoms with Gasteiger partial charge in [-0.25, -0.2) is 9.97 Å². The Morgan fingerprint density at radius 3 is 2.64 bits per heavy atom. The summed E-state index contributed by atoms with van der Waals surface area (Å²) in [5.74, 6) is 3.21. The number of hydrogen-bond acceptors (Lipinski definition) is 8. The van der Waals surface area contributed by atoms with Crippen molar-refractivity contribution >= 4 is 27.4 Å². The predicted molar refractivity (Wildman–Crippen MR) is 95.8 cm³/mol. The molecule has 7 nitrogen and oxygen atoms in total. The van der Waals surface area contributed by atoms with Crippen LogP contribution in [0.4, 0.5) is 5.82 Å². The van der Waals surface area contributed by atoms with Crippen molar-refractivity contribution in [3.05, 3.63) is 28.5 Å². The number of rotatable bonds is 4. The highest BCUT2D eigenvalue weighted by Gasteiger charge is 2.31. The molecule has 0 bridgehead atoms. The summed E-state index contributed by atoms with van der Waals surface area (Å²) in [6.45, 7) is 7.35. The smallest absolute Gasteiger partial charge is 0.249 e. The quantitative estimate of drug-likeness (QED) is 0.762. The van der Waals surface area contributed by atoms with E-state index < -0.39 is 0 Å². The van der Waals surface area contributed by atoms with Gasteiger partial charge in [0.1, 0.15) is 22.5 Å². The van der Waals surface area contributed by atoms with Gasteiger partial charge in [0.05, 0.1) is 5.39 Å². The molecule has 0 saturated carbocycles. The molecule has 3 aromatic heterocycles. The third-order valence-electron chi connectivity index (χ3n) is 4.57. The Labute approximate surface area is 149 Å². The minimum Gasteiger partial charge on any atom is -0.381 e. The summed E-state index contributed by atoms with van der Waals surface area (Å²) in [5, 5.41) is 10.8. The van der Waals surface area contributed by atoms with E-state index in [0.29, 0.717) is 17.6 Å². The fourth-order valence-corrected chi connectivity index (χ4v) is 4.28. The van der Waals surface area contributed by atoms with E-state index in [0.717, 1.165) is 47.9 Å². The Morgan fingerprint density at radius 1 is 1.12 bits per heavy atom. The molecule has 0 amide bonds. The molecule has 0 spiro atoms. The number of thiophene rings is 1. The number of fused-ring (bicyclic) bond motifs is 1. The summed E-state index contributed by atoms with van der Waals surface area (Å²) < 4.78 is 11.0. The molecule has 0 unspecified atom stereocenters. The molecule has 4 heterocycles. The van der Waals surface area contributed by atoms with Crippen molar-refractivity contribution in [3.63, 3.8) is 0 Å². The number of nitrogens with one attached hydrogen (secondary N) is 1. The highest BCUT2D eigenvalue weighted by Crippen LogP contribution is 2.36. The lowest BCUT2D eigenvalue weighted by molar-refractivity contribution is 0.0571. The van der Waals surface area contributed by atoms with E-state index in [1.165, 1.54) is 5.56 Å². The van der Waals surface area contributed by atoms with Crippen molar-refractivity contribution in [1.82, 2.24) is 20.1 Å². The molecule has 1 N–H and O–H groups in total. The first kappa shape index (κ1) is 16.4. The Morgan fingerprint density at radius 2 is 1.92 bits per heavy atom. The van der Waals surface area contributed by atoms with Crippen LogP contribution < -0.4 is 5.32 Å². The number of nitrogens with zero attached hydrogens (tertiary/aromatic N) is 4. The Bertz CT molecular complexity index is 884. The molecule has 4 rings (SSSR count). The summed E-state index contributed by atoms with van der Waals surface area (Å²) in [6.07, 6.45) is 1.91. The Hall–Kier alpha value is -2.06. The van der Waals surface area contributed by atoms with Crippen molar-refractivity contribution in [2.75, 3.05) is 18.5 Å². The van der Waals surface area contributed by atoms with Crippen molar-refractivity contribution in [2.45, 2.75) is 39.7 Å². The molecular weight excluding hydrogens is 338 g/mol. The maximum Gasteiger partial charge on any atom is 0.249 e. The number of anilines is 1. The average Bonchev–Trinajstić information content (AvgIpc) is 3.19. The first-order valence-electron chi connectivity index (χ1n) is 8.48. The van der Waals surface area contributed by atoms with E-state index in [1.54, 1.807) is 11.3 Å². The number of hydrogen-bond donors (Lipinski definition) is 1. The SMILES string of the molecule is Cc1noc([C@H](Nc2nc(C)nc3scc(C)c23)C2CCOCC2)n1. The van der Waals surface area contributed by atoms with Crippen LogP contribution in [0.1, 0.15) is 42.0 Å². The van der Waals surface area contributed by atoms with Gasteiger partial charge in [0.25, 0.3) is 0 Å². The van der Waals surface area contributed by atoms with Crippen LogP contribution in [0.25, 0.3) is 10.2 Å². The maximum absolute atomic E-state index is 5.52. The van der Waals surface area contributed by atoms with Gasteiger partial charge in [-0.15, -0.1) is 11.3 Å². The molecule has 1 saturated heterocycles. The molecule has 25 heavy (non-hydrogen) atoms. The summed E-state index contributed by atoms with van der Waals surface area (Å²) in [5.41, 5.74) is 1.18. The molecule has 1 aliphatic heterocycles. The summed E-state index contributed by atoms with van der Waals surface area (Å²) >= 11 is 1.64.